The van der Waals surface area contributed by atoms with Crippen molar-refractivity contribution in [3.8, 4) is 5.75 Å². The van der Waals surface area contributed by atoms with Crippen molar-refractivity contribution < 1.29 is 14.1 Å². The molecule has 1 heterocycles. The number of methoxy groups -OCH3 is 1. The highest BCUT2D eigenvalue weighted by molar-refractivity contribution is 6.77. The Morgan fingerprint density at radius 2 is 1.74 bits per heavy atom. The highest BCUT2D eigenvalue weighted by Crippen LogP contribution is 2.44. The molecule has 0 bridgehead atoms. The Hall–Kier alpha value is -1.60. The average molecular weight is 395 g/mol. The van der Waals surface area contributed by atoms with Gasteiger partial charge in [0.25, 0.3) is 5.69 Å². The number of nitrogens with zero attached hydrogens (tertiary/aromatic N) is 2. The van der Waals surface area contributed by atoms with Gasteiger partial charge in [0.2, 0.25) is 8.32 Å². The van der Waals surface area contributed by atoms with E-state index < -0.39 is 13.2 Å². The van der Waals surface area contributed by atoms with Gasteiger partial charge in [0.1, 0.15) is 5.75 Å². The van der Waals surface area contributed by atoms with Crippen molar-refractivity contribution in [2.24, 2.45) is 0 Å². The van der Waals surface area contributed by atoms with Crippen LogP contribution in [0.25, 0.3) is 0 Å². The van der Waals surface area contributed by atoms with E-state index in [4.69, 9.17) is 9.16 Å². The third-order valence-corrected chi connectivity index (χ3v) is 12.1. The van der Waals surface area contributed by atoms with Crippen LogP contribution in [0.2, 0.25) is 16.6 Å². The van der Waals surface area contributed by atoms with Crippen molar-refractivity contribution >= 4 is 19.7 Å². The van der Waals surface area contributed by atoms with Crippen LogP contribution in [0, 0.1) is 10.1 Å². The molecule has 0 aliphatic carbocycles. The van der Waals surface area contributed by atoms with Gasteiger partial charge < -0.3 is 14.1 Å². The molecule has 2 rings (SSSR count). The zero-order chi connectivity index (χ0) is 20.4. The van der Waals surface area contributed by atoms with E-state index in [1.165, 1.54) is 6.07 Å². The van der Waals surface area contributed by atoms with Crippen LogP contribution in [0.3, 0.4) is 0 Å². The summed E-state index contributed by atoms with van der Waals surface area (Å²) in [5.41, 5.74) is 2.62. The normalized spacial score (nSPS) is 18.0. The molecule has 6 nitrogen and oxygen atoms in total. The van der Waals surface area contributed by atoms with E-state index in [1.807, 2.05) is 0 Å². The lowest BCUT2D eigenvalue weighted by atomic mass is 10.2. The van der Waals surface area contributed by atoms with E-state index in [9.17, 15) is 10.1 Å². The summed E-state index contributed by atoms with van der Waals surface area (Å²) in [6.07, 6.45) is 1.17. The standard InChI is InChI=1S/C20H34N2O4Si/c1-14(2)27(15(3)4,16(5)6)26-18-10-11-21(13-18)19-9-8-17(22(23)24)12-20(19)25-7/h8-9,12,14-16,18H,10-11,13H2,1-7H3/t18-/m1/s1. The topological polar surface area (TPSA) is 64.8 Å². The Kier molecular flexibility index (Phi) is 6.91. The van der Waals surface area contributed by atoms with E-state index in [0.29, 0.717) is 22.4 Å². The summed E-state index contributed by atoms with van der Waals surface area (Å²) >= 11 is 0. The van der Waals surface area contributed by atoms with Crippen LogP contribution in [0.1, 0.15) is 48.0 Å². The lowest BCUT2D eigenvalue weighted by Crippen LogP contribution is -2.50. The highest BCUT2D eigenvalue weighted by atomic mass is 28.4. The fourth-order valence-corrected chi connectivity index (χ4v) is 10.4. The molecule has 1 fully saturated rings. The zero-order valence-corrected chi connectivity index (χ0v) is 18.7. The Morgan fingerprint density at radius 3 is 2.22 bits per heavy atom. The molecule has 1 atom stereocenters. The first kappa shape index (κ1) is 21.7. The molecule has 7 heteroatoms. The van der Waals surface area contributed by atoms with Gasteiger partial charge in [0.15, 0.2) is 0 Å². The fourth-order valence-electron chi connectivity index (χ4n) is 4.78. The van der Waals surface area contributed by atoms with Gasteiger partial charge in [-0.2, -0.15) is 0 Å². The first-order valence-corrected chi connectivity index (χ1v) is 12.0. The third kappa shape index (κ3) is 4.29. The Balaban J connectivity index is 2.20. The molecular formula is C20H34N2O4Si. The smallest absolute Gasteiger partial charge is 0.273 e. The van der Waals surface area contributed by atoms with Crippen molar-refractivity contribution in [1.29, 1.82) is 0 Å². The monoisotopic (exact) mass is 394 g/mol. The molecule has 0 amide bonds. The minimum absolute atomic E-state index is 0.0495. The lowest BCUT2D eigenvalue weighted by Gasteiger charge is -2.44. The molecule has 1 aromatic rings. The van der Waals surface area contributed by atoms with Crippen LogP contribution in [-0.4, -0.2) is 39.5 Å². The average Bonchev–Trinajstić information content (AvgIpc) is 3.06. The number of nitro benzene ring substituents is 1. The quantitative estimate of drug-likeness (QED) is 0.337. The first-order chi connectivity index (χ1) is 12.6. The van der Waals surface area contributed by atoms with Crippen LogP contribution in [-0.2, 0) is 4.43 Å². The van der Waals surface area contributed by atoms with Gasteiger partial charge in [0.05, 0.1) is 29.9 Å². The van der Waals surface area contributed by atoms with Crippen LogP contribution in [0.5, 0.6) is 5.75 Å². The molecule has 0 spiro atoms. The molecule has 0 saturated carbocycles. The number of nitro groups is 1. The van der Waals surface area contributed by atoms with Crippen LogP contribution >= 0.6 is 0 Å². The summed E-state index contributed by atoms with van der Waals surface area (Å²) in [5.74, 6) is 0.546. The van der Waals surface area contributed by atoms with Crippen LogP contribution in [0.4, 0.5) is 11.4 Å². The van der Waals surface area contributed by atoms with Gasteiger partial charge in [-0.05, 0) is 29.1 Å². The molecule has 1 aromatic carbocycles. The Labute approximate surface area is 164 Å². The van der Waals surface area contributed by atoms with E-state index in [-0.39, 0.29) is 11.8 Å². The summed E-state index contributed by atoms with van der Waals surface area (Å²) < 4.78 is 12.3. The van der Waals surface area contributed by atoms with Crippen LogP contribution in [0.15, 0.2) is 18.2 Å². The molecule has 152 valence electrons. The number of anilines is 1. The molecule has 0 unspecified atom stereocenters. The van der Waals surface area contributed by atoms with Crippen molar-refractivity contribution in [1.82, 2.24) is 0 Å². The number of benzene rings is 1. The number of non-ortho nitro benzene ring substituents is 1. The number of hydrogen-bond donors (Lipinski definition) is 0. The van der Waals surface area contributed by atoms with E-state index in [0.717, 1.165) is 25.2 Å². The highest BCUT2D eigenvalue weighted by Gasteiger charge is 2.47. The van der Waals surface area contributed by atoms with Gasteiger partial charge >= 0.3 is 0 Å². The maximum Gasteiger partial charge on any atom is 0.273 e. The minimum Gasteiger partial charge on any atom is -0.494 e. The second-order valence-corrected chi connectivity index (χ2v) is 13.8. The molecule has 0 radical (unpaired) electrons. The Morgan fingerprint density at radius 1 is 1.15 bits per heavy atom. The van der Waals surface area contributed by atoms with E-state index in [1.54, 1.807) is 19.2 Å². The third-order valence-electron chi connectivity index (χ3n) is 5.94. The first-order valence-electron chi connectivity index (χ1n) is 9.88. The molecule has 1 saturated heterocycles. The van der Waals surface area contributed by atoms with E-state index >= 15 is 0 Å². The van der Waals surface area contributed by atoms with Gasteiger partial charge in [-0.25, -0.2) is 0 Å². The zero-order valence-electron chi connectivity index (χ0n) is 17.7. The second kappa shape index (κ2) is 8.60. The second-order valence-electron chi connectivity index (χ2n) is 8.41. The SMILES string of the molecule is COc1cc([N+](=O)[O-])ccc1N1CC[C@@H](O[Si](C(C)C)(C(C)C)C(C)C)C1. The lowest BCUT2D eigenvalue weighted by molar-refractivity contribution is -0.384. The number of rotatable bonds is 8. The summed E-state index contributed by atoms with van der Waals surface area (Å²) in [6.45, 7) is 15.5. The maximum atomic E-state index is 11.0. The summed E-state index contributed by atoms with van der Waals surface area (Å²) in [7, 11) is -0.360. The molecular weight excluding hydrogens is 360 g/mol. The Bertz CT molecular complexity index is 642. The minimum atomic E-state index is -1.92. The largest absolute Gasteiger partial charge is 0.494 e. The van der Waals surface area contributed by atoms with Crippen molar-refractivity contribution in [3.05, 3.63) is 28.3 Å². The number of ether oxygens (including phenoxy) is 1. The van der Waals surface area contributed by atoms with Gasteiger partial charge in [-0.15, -0.1) is 0 Å². The van der Waals surface area contributed by atoms with Crippen LogP contribution < -0.4 is 9.64 Å². The maximum absolute atomic E-state index is 11.0. The number of hydrogen-bond acceptors (Lipinski definition) is 5. The summed E-state index contributed by atoms with van der Waals surface area (Å²) in [6, 6.07) is 4.83. The summed E-state index contributed by atoms with van der Waals surface area (Å²) in [4.78, 5) is 12.9. The van der Waals surface area contributed by atoms with E-state index in [2.05, 4.69) is 46.4 Å². The van der Waals surface area contributed by atoms with Gasteiger partial charge in [-0.1, -0.05) is 41.5 Å². The molecule has 27 heavy (non-hydrogen) atoms. The molecule has 1 aliphatic heterocycles. The predicted octanol–water partition coefficient (Wildman–Crippen LogP) is 5.37. The predicted molar refractivity (Wildman–Crippen MR) is 112 cm³/mol. The van der Waals surface area contributed by atoms with Crippen molar-refractivity contribution in [2.45, 2.75) is 70.7 Å². The van der Waals surface area contributed by atoms with Gasteiger partial charge in [-0.3, -0.25) is 10.1 Å². The van der Waals surface area contributed by atoms with Gasteiger partial charge in [0, 0.05) is 19.2 Å². The van der Waals surface area contributed by atoms with Crippen molar-refractivity contribution in [3.63, 3.8) is 0 Å². The molecule has 0 aromatic heterocycles. The molecule has 0 N–H and O–H groups in total. The summed E-state index contributed by atoms with van der Waals surface area (Å²) in [5, 5.41) is 11.0. The fraction of sp³-hybridized carbons (Fsp3) is 0.700. The molecule has 1 aliphatic rings. The van der Waals surface area contributed by atoms with Crippen molar-refractivity contribution in [2.75, 3.05) is 25.1 Å².